The zero-order valence-electron chi connectivity index (χ0n) is 17.0. The summed E-state index contributed by atoms with van der Waals surface area (Å²) >= 11 is 0. The van der Waals surface area contributed by atoms with Crippen molar-refractivity contribution in [2.75, 3.05) is 6.54 Å². The fraction of sp³-hybridized carbons (Fsp3) is 0.526. The second-order valence-corrected chi connectivity index (χ2v) is 7.42. The molecule has 0 spiro atoms. The van der Waals surface area contributed by atoms with Crippen LogP contribution in [-0.2, 0) is 21.9 Å². The number of carbonyl (C=O) groups is 3. The van der Waals surface area contributed by atoms with Crippen LogP contribution < -0.4 is 10.6 Å². The van der Waals surface area contributed by atoms with Crippen molar-refractivity contribution in [2.45, 2.75) is 51.1 Å². The molecule has 0 heterocycles. The van der Waals surface area contributed by atoms with Gasteiger partial charge in [-0.2, -0.15) is 26.3 Å². The Hall–Kier alpha value is -2.83. The molecule has 1 aromatic rings. The second kappa shape index (κ2) is 10.7. The Kier molecular flexibility index (Phi) is 9.06. The fourth-order valence-electron chi connectivity index (χ4n) is 2.75. The summed E-state index contributed by atoms with van der Waals surface area (Å²) in [6.07, 6.45) is -10.5. The highest BCUT2D eigenvalue weighted by atomic mass is 19.4. The highest BCUT2D eigenvalue weighted by molar-refractivity contribution is 5.94. The molecular weight excluding hydrogens is 450 g/mol. The van der Waals surface area contributed by atoms with Crippen LogP contribution >= 0.6 is 0 Å². The minimum atomic E-state index is -5.13. The highest BCUT2D eigenvalue weighted by Gasteiger charge is 2.37. The van der Waals surface area contributed by atoms with Gasteiger partial charge in [-0.3, -0.25) is 19.7 Å². The van der Waals surface area contributed by atoms with Crippen LogP contribution in [0, 0.1) is 5.92 Å². The molecule has 13 heteroatoms. The molecule has 180 valence electrons. The van der Waals surface area contributed by atoms with Crippen molar-refractivity contribution < 1.29 is 50.9 Å². The standard InChI is InChI=1S/C19H22F6N2O5/c1-9(2)5-14(17(31)32)27-13(16(29)30)3-4-26-15(28)10-6-11(18(20,21)22)8-12(7-10)19(23,24)25/h6-9,13-14,27H,3-5H2,1-2H3,(H,26,28)(H,29,30)(H,31,32)/t13-,14-/m0/s1. The number of aliphatic carboxylic acids is 2. The third-order valence-corrected chi connectivity index (χ3v) is 4.27. The van der Waals surface area contributed by atoms with Gasteiger partial charge in [0.1, 0.15) is 12.1 Å². The van der Waals surface area contributed by atoms with Gasteiger partial charge >= 0.3 is 24.3 Å². The first-order valence-corrected chi connectivity index (χ1v) is 9.31. The van der Waals surface area contributed by atoms with Gasteiger partial charge < -0.3 is 15.5 Å². The molecule has 4 N–H and O–H groups in total. The normalized spacial score (nSPS) is 14.2. The lowest BCUT2D eigenvalue weighted by Gasteiger charge is -2.22. The smallest absolute Gasteiger partial charge is 0.416 e. The number of halogens is 6. The summed E-state index contributed by atoms with van der Waals surface area (Å²) in [6.45, 7) is 2.99. The van der Waals surface area contributed by atoms with Gasteiger partial charge in [0.25, 0.3) is 5.91 Å². The van der Waals surface area contributed by atoms with Crippen LogP contribution in [0.1, 0.15) is 48.2 Å². The first-order chi connectivity index (χ1) is 14.5. The summed E-state index contributed by atoms with van der Waals surface area (Å²) in [5.74, 6) is -4.09. The molecule has 1 amide bonds. The number of carbonyl (C=O) groups excluding carboxylic acids is 1. The minimum Gasteiger partial charge on any atom is -0.480 e. The molecule has 0 aliphatic carbocycles. The van der Waals surface area contributed by atoms with Crippen LogP contribution in [0.3, 0.4) is 0 Å². The quantitative estimate of drug-likeness (QED) is 0.388. The van der Waals surface area contributed by atoms with Crippen LogP contribution in [0.25, 0.3) is 0 Å². The monoisotopic (exact) mass is 472 g/mol. The molecule has 0 radical (unpaired) electrons. The van der Waals surface area contributed by atoms with Crippen LogP contribution in [0.15, 0.2) is 18.2 Å². The molecule has 0 aliphatic heterocycles. The summed E-state index contributed by atoms with van der Waals surface area (Å²) in [6, 6.07) is -2.25. The van der Waals surface area contributed by atoms with Crippen molar-refractivity contribution in [3.8, 4) is 0 Å². The molecule has 0 saturated heterocycles. The number of hydrogen-bond acceptors (Lipinski definition) is 4. The largest absolute Gasteiger partial charge is 0.480 e. The number of alkyl halides is 6. The molecule has 0 saturated carbocycles. The van der Waals surface area contributed by atoms with Crippen LogP contribution in [-0.4, -0.2) is 46.7 Å². The van der Waals surface area contributed by atoms with Gasteiger partial charge in [-0.25, -0.2) is 0 Å². The van der Waals surface area contributed by atoms with Crippen LogP contribution in [0.5, 0.6) is 0 Å². The molecule has 0 unspecified atom stereocenters. The zero-order valence-corrected chi connectivity index (χ0v) is 17.0. The predicted octanol–water partition coefficient (Wildman–Crippen LogP) is 3.39. The van der Waals surface area contributed by atoms with Crippen LogP contribution in [0.4, 0.5) is 26.3 Å². The van der Waals surface area contributed by atoms with Gasteiger partial charge in [0.05, 0.1) is 11.1 Å². The van der Waals surface area contributed by atoms with Gasteiger partial charge in [-0.05, 0) is 37.0 Å². The first-order valence-electron chi connectivity index (χ1n) is 9.31. The van der Waals surface area contributed by atoms with E-state index in [-0.39, 0.29) is 37.0 Å². The molecule has 1 aromatic carbocycles. The van der Waals surface area contributed by atoms with E-state index in [0.29, 0.717) is 0 Å². The van der Waals surface area contributed by atoms with E-state index in [1.165, 1.54) is 0 Å². The number of nitrogens with one attached hydrogen (secondary N) is 2. The minimum absolute atomic E-state index is 0.0820. The van der Waals surface area contributed by atoms with E-state index in [2.05, 4.69) is 10.6 Å². The summed E-state index contributed by atoms with van der Waals surface area (Å²) in [5, 5.41) is 22.9. The SMILES string of the molecule is CC(C)C[C@H](N[C@@H](CCNC(=O)c1cc(C(F)(F)F)cc(C(F)(F)F)c1)C(=O)O)C(=O)O. The molecule has 7 nitrogen and oxygen atoms in total. The first kappa shape index (κ1) is 27.2. The van der Waals surface area contributed by atoms with Gasteiger partial charge in [-0.1, -0.05) is 13.8 Å². The Morgan fingerprint density at radius 3 is 1.72 bits per heavy atom. The fourth-order valence-corrected chi connectivity index (χ4v) is 2.75. The molecule has 0 bridgehead atoms. The van der Waals surface area contributed by atoms with Crippen molar-refractivity contribution in [2.24, 2.45) is 5.92 Å². The number of carboxylic acid groups (broad SMARTS) is 2. The van der Waals surface area contributed by atoms with Gasteiger partial charge in [0.15, 0.2) is 0 Å². The van der Waals surface area contributed by atoms with E-state index >= 15 is 0 Å². The maximum Gasteiger partial charge on any atom is 0.416 e. The Balaban J connectivity index is 2.94. The van der Waals surface area contributed by atoms with Crippen molar-refractivity contribution in [1.29, 1.82) is 0 Å². The third-order valence-electron chi connectivity index (χ3n) is 4.27. The Labute approximate surface area is 178 Å². The number of carboxylic acids is 2. The van der Waals surface area contributed by atoms with E-state index in [9.17, 15) is 50.9 Å². The van der Waals surface area contributed by atoms with Crippen molar-refractivity contribution in [1.82, 2.24) is 10.6 Å². The van der Waals surface area contributed by atoms with Crippen LogP contribution in [0.2, 0.25) is 0 Å². The van der Waals surface area contributed by atoms with E-state index in [1.807, 2.05) is 0 Å². The highest BCUT2D eigenvalue weighted by Crippen LogP contribution is 2.36. The lowest BCUT2D eigenvalue weighted by atomic mass is 10.0. The number of hydrogen-bond donors (Lipinski definition) is 4. The topological polar surface area (TPSA) is 116 Å². The molecule has 2 atom stereocenters. The summed E-state index contributed by atoms with van der Waals surface area (Å²) in [5.41, 5.74) is -4.24. The lowest BCUT2D eigenvalue weighted by Crippen LogP contribution is -2.49. The average molecular weight is 472 g/mol. The van der Waals surface area contributed by atoms with Gasteiger partial charge in [0, 0.05) is 12.1 Å². The molecule has 0 aromatic heterocycles. The summed E-state index contributed by atoms with van der Waals surface area (Å²) < 4.78 is 77.4. The maximum atomic E-state index is 12.9. The van der Waals surface area contributed by atoms with Gasteiger partial charge in [0.2, 0.25) is 0 Å². The Morgan fingerprint density at radius 2 is 1.34 bits per heavy atom. The molecule has 0 fully saturated rings. The maximum absolute atomic E-state index is 12.9. The molecule has 1 rings (SSSR count). The summed E-state index contributed by atoms with van der Waals surface area (Å²) in [4.78, 5) is 34.8. The van der Waals surface area contributed by atoms with Crippen molar-refractivity contribution in [3.63, 3.8) is 0 Å². The lowest BCUT2D eigenvalue weighted by molar-refractivity contribution is -0.144. The summed E-state index contributed by atoms with van der Waals surface area (Å²) in [7, 11) is 0. The molecule has 0 aliphatic rings. The Morgan fingerprint density at radius 1 is 0.875 bits per heavy atom. The van der Waals surface area contributed by atoms with E-state index in [4.69, 9.17) is 0 Å². The number of rotatable bonds is 10. The van der Waals surface area contributed by atoms with Crippen molar-refractivity contribution >= 4 is 17.8 Å². The third kappa shape index (κ3) is 8.36. The molecular formula is C19H22F6N2O5. The molecule has 32 heavy (non-hydrogen) atoms. The van der Waals surface area contributed by atoms with E-state index in [1.54, 1.807) is 13.8 Å². The Bertz CT molecular complexity index is 806. The number of amides is 1. The van der Waals surface area contributed by atoms with Crippen molar-refractivity contribution in [3.05, 3.63) is 34.9 Å². The van der Waals surface area contributed by atoms with Gasteiger partial charge in [-0.15, -0.1) is 0 Å². The zero-order chi connectivity index (χ0) is 24.9. The average Bonchev–Trinajstić information content (AvgIpc) is 2.63. The predicted molar refractivity (Wildman–Crippen MR) is 98.8 cm³/mol. The van der Waals surface area contributed by atoms with E-state index < -0.39 is 65.5 Å². The second-order valence-electron chi connectivity index (χ2n) is 7.42. The number of benzene rings is 1. The van der Waals surface area contributed by atoms with E-state index in [0.717, 1.165) is 0 Å².